The van der Waals surface area contributed by atoms with Crippen molar-refractivity contribution in [1.82, 2.24) is 4.90 Å². The fourth-order valence-corrected chi connectivity index (χ4v) is 2.78. The summed E-state index contributed by atoms with van der Waals surface area (Å²) in [6.45, 7) is 2.93. The maximum atomic E-state index is 11.3. The summed E-state index contributed by atoms with van der Waals surface area (Å²) in [5.41, 5.74) is 7.90. The fraction of sp³-hybridized carbons (Fsp3) is 0.500. The summed E-state index contributed by atoms with van der Waals surface area (Å²) in [6.07, 6.45) is 2.25. The van der Waals surface area contributed by atoms with E-state index in [1.165, 1.54) is 0 Å². The standard InChI is InChI=1S/C14H19N3O2/c15-11-4-2-6-17(8-11)7-10-3-1-5-12-14(10)19-9-13(18)16-12/h1,3,5,11H,2,4,6-9,15H2,(H,16,18). The number of benzene rings is 1. The van der Waals surface area contributed by atoms with E-state index >= 15 is 0 Å². The molecule has 0 radical (unpaired) electrons. The SMILES string of the molecule is NC1CCCN(Cc2cccc3c2OCC(=O)N3)C1. The molecule has 2 heterocycles. The molecule has 1 fully saturated rings. The van der Waals surface area contributed by atoms with Crippen LogP contribution in [-0.4, -0.2) is 36.5 Å². The largest absolute Gasteiger partial charge is 0.481 e. The van der Waals surface area contributed by atoms with Gasteiger partial charge in [-0.2, -0.15) is 0 Å². The van der Waals surface area contributed by atoms with Crippen molar-refractivity contribution in [3.8, 4) is 5.75 Å². The first-order chi connectivity index (χ1) is 9.22. The molecule has 2 aliphatic heterocycles. The zero-order valence-corrected chi connectivity index (χ0v) is 10.9. The quantitative estimate of drug-likeness (QED) is 0.831. The highest BCUT2D eigenvalue weighted by Gasteiger charge is 2.22. The van der Waals surface area contributed by atoms with Crippen LogP contribution in [-0.2, 0) is 11.3 Å². The van der Waals surface area contributed by atoms with E-state index in [9.17, 15) is 4.79 Å². The summed E-state index contributed by atoms with van der Waals surface area (Å²) < 4.78 is 5.57. The Balaban J connectivity index is 1.78. The predicted molar refractivity (Wildman–Crippen MR) is 73.1 cm³/mol. The predicted octanol–water partition coefficient (Wildman–Crippen LogP) is 0.941. The average molecular weight is 261 g/mol. The van der Waals surface area contributed by atoms with E-state index in [2.05, 4.69) is 16.3 Å². The number of likely N-dealkylation sites (tertiary alicyclic amines) is 1. The first kappa shape index (κ1) is 12.4. The van der Waals surface area contributed by atoms with Crippen molar-refractivity contribution in [2.45, 2.75) is 25.4 Å². The van der Waals surface area contributed by atoms with Crippen molar-refractivity contribution >= 4 is 11.6 Å². The summed E-state index contributed by atoms with van der Waals surface area (Å²) in [6, 6.07) is 6.15. The lowest BCUT2D eigenvalue weighted by Crippen LogP contribution is -2.42. The third kappa shape index (κ3) is 2.72. The van der Waals surface area contributed by atoms with Crippen molar-refractivity contribution < 1.29 is 9.53 Å². The number of para-hydroxylation sites is 1. The molecule has 19 heavy (non-hydrogen) atoms. The van der Waals surface area contributed by atoms with Gasteiger partial charge in [0, 0.05) is 24.7 Å². The minimum atomic E-state index is -0.0929. The van der Waals surface area contributed by atoms with Crippen LogP contribution in [0.2, 0.25) is 0 Å². The van der Waals surface area contributed by atoms with Gasteiger partial charge >= 0.3 is 0 Å². The van der Waals surface area contributed by atoms with Crippen LogP contribution in [0.15, 0.2) is 18.2 Å². The van der Waals surface area contributed by atoms with E-state index in [1.807, 2.05) is 12.1 Å². The molecule has 2 aliphatic rings. The average Bonchev–Trinajstić information content (AvgIpc) is 2.38. The molecule has 1 aromatic carbocycles. The lowest BCUT2D eigenvalue weighted by atomic mass is 10.0. The Morgan fingerprint density at radius 3 is 3.21 bits per heavy atom. The number of hydrogen-bond donors (Lipinski definition) is 2. The van der Waals surface area contributed by atoms with Gasteiger partial charge in [-0.1, -0.05) is 12.1 Å². The number of hydrogen-bond acceptors (Lipinski definition) is 4. The Morgan fingerprint density at radius 1 is 1.47 bits per heavy atom. The number of nitrogens with zero attached hydrogens (tertiary/aromatic N) is 1. The zero-order valence-electron chi connectivity index (χ0n) is 10.9. The fourth-order valence-electron chi connectivity index (χ4n) is 2.78. The van der Waals surface area contributed by atoms with Crippen molar-refractivity contribution in [1.29, 1.82) is 0 Å². The van der Waals surface area contributed by atoms with Crippen LogP contribution in [0.1, 0.15) is 18.4 Å². The molecule has 0 aromatic heterocycles. The molecule has 3 N–H and O–H groups in total. The molecule has 0 saturated carbocycles. The topological polar surface area (TPSA) is 67.6 Å². The molecular weight excluding hydrogens is 242 g/mol. The van der Waals surface area contributed by atoms with Crippen LogP contribution in [0, 0.1) is 0 Å². The Morgan fingerprint density at radius 2 is 2.37 bits per heavy atom. The number of carbonyl (C=O) groups is 1. The second kappa shape index (κ2) is 5.19. The van der Waals surface area contributed by atoms with Crippen molar-refractivity contribution in [2.75, 3.05) is 25.0 Å². The second-order valence-corrected chi connectivity index (χ2v) is 5.27. The first-order valence-corrected chi connectivity index (χ1v) is 6.75. The number of ether oxygens (including phenoxy) is 1. The van der Waals surface area contributed by atoms with E-state index in [0.717, 1.165) is 49.5 Å². The summed E-state index contributed by atoms with van der Waals surface area (Å²) in [5, 5.41) is 2.84. The molecule has 102 valence electrons. The Bertz CT molecular complexity index is 490. The molecule has 0 aliphatic carbocycles. The number of piperidine rings is 1. The van der Waals surface area contributed by atoms with E-state index in [0.29, 0.717) is 0 Å². The van der Waals surface area contributed by atoms with Crippen LogP contribution < -0.4 is 15.8 Å². The molecular formula is C14H19N3O2. The number of nitrogens with two attached hydrogens (primary N) is 1. The molecule has 1 unspecified atom stereocenters. The summed E-state index contributed by atoms with van der Waals surface area (Å²) >= 11 is 0. The van der Waals surface area contributed by atoms with Crippen molar-refractivity contribution in [3.63, 3.8) is 0 Å². The van der Waals surface area contributed by atoms with Crippen molar-refractivity contribution in [2.24, 2.45) is 5.73 Å². The lowest BCUT2D eigenvalue weighted by Gasteiger charge is -2.31. The third-order valence-corrected chi connectivity index (χ3v) is 3.65. The number of fused-ring (bicyclic) bond motifs is 1. The van der Waals surface area contributed by atoms with Crippen LogP contribution in [0.25, 0.3) is 0 Å². The van der Waals surface area contributed by atoms with Crippen molar-refractivity contribution in [3.05, 3.63) is 23.8 Å². The maximum Gasteiger partial charge on any atom is 0.262 e. The Hall–Kier alpha value is -1.59. The van der Waals surface area contributed by atoms with E-state index in [-0.39, 0.29) is 18.6 Å². The molecule has 1 atom stereocenters. The van der Waals surface area contributed by atoms with Gasteiger partial charge in [0.25, 0.3) is 5.91 Å². The highest BCUT2D eigenvalue weighted by molar-refractivity contribution is 5.95. The summed E-state index contributed by atoms with van der Waals surface area (Å²) in [4.78, 5) is 13.7. The van der Waals surface area contributed by atoms with Gasteiger partial charge in [0.15, 0.2) is 6.61 Å². The summed E-state index contributed by atoms with van der Waals surface area (Å²) in [7, 11) is 0. The normalized spacial score (nSPS) is 23.4. The van der Waals surface area contributed by atoms with E-state index in [4.69, 9.17) is 10.5 Å². The highest BCUT2D eigenvalue weighted by atomic mass is 16.5. The molecule has 1 amide bonds. The second-order valence-electron chi connectivity index (χ2n) is 5.27. The maximum absolute atomic E-state index is 11.3. The monoisotopic (exact) mass is 261 g/mol. The van der Waals surface area contributed by atoms with E-state index in [1.54, 1.807) is 0 Å². The number of anilines is 1. The lowest BCUT2D eigenvalue weighted by molar-refractivity contribution is -0.118. The highest BCUT2D eigenvalue weighted by Crippen LogP contribution is 2.32. The molecule has 1 saturated heterocycles. The molecule has 1 aromatic rings. The first-order valence-electron chi connectivity index (χ1n) is 6.75. The Labute approximate surface area is 112 Å². The number of amides is 1. The Kier molecular flexibility index (Phi) is 3.40. The number of carbonyl (C=O) groups excluding carboxylic acids is 1. The molecule has 3 rings (SSSR count). The van der Waals surface area contributed by atoms with Gasteiger partial charge in [0.2, 0.25) is 0 Å². The van der Waals surface area contributed by atoms with Gasteiger partial charge in [-0.15, -0.1) is 0 Å². The van der Waals surface area contributed by atoms with Gasteiger partial charge in [0.05, 0.1) is 5.69 Å². The van der Waals surface area contributed by atoms with Crippen LogP contribution in [0.3, 0.4) is 0 Å². The van der Waals surface area contributed by atoms with Crippen LogP contribution >= 0.6 is 0 Å². The van der Waals surface area contributed by atoms with Gasteiger partial charge in [-0.3, -0.25) is 9.69 Å². The number of nitrogens with one attached hydrogen (secondary N) is 1. The zero-order chi connectivity index (χ0) is 13.2. The van der Waals surface area contributed by atoms with Crippen LogP contribution in [0.5, 0.6) is 5.75 Å². The van der Waals surface area contributed by atoms with Gasteiger partial charge < -0.3 is 15.8 Å². The van der Waals surface area contributed by atoms with E-state index < -0.39 is 0 Å². The third-order valence-electron chi connectivity index (χ3n) is 3.65. The minimum Gasteiger partial charge on any atom is -0.481 e. The smallest absolute Gasteiger partial charge is 0.262 e. The van der Waals surface area contributed by atoms with Gasteiger partial charge in [0.1, 0.15) is 5.75 Å². The number of rotatable bonds is 2. The molecule has 0 bridgehead atoms. The molecule has 5 heteroatoms. The van der Waals surface area contributed by atoms with Gasteiger partial charge in [-0.25, -0.2) is 0 Å². The van der Waals surface area contributed by atoms with Gasteiger partial charge in [-0.05, 0) is 25.5 Å². The minimum absolute atomic E-state index is 0.0929. The molecule has 5 nitrogen and oxygen atoms in total. The summed E-state index contributed by atoms with van der Waals surface area (Å²) in [5.74, 6) is 0.714. The van der Waals surface area contributed by atoms with Crippen LogP contribution in [0.4, 0.5) is 5.69 Å². The molecule has 0 spiro atoms.